The molecule has 20 heavy (non-hydrogen) atoms. The molecule has 1 aromatic carbocycles. The van der Waals surface area contributed by atoms with Crippen molar-refractivity contribution in [2.75, 3.05) is 30.3 Å². The molecule has 0 aliphatic carbocycles. The second-order valence-corrected chi connectivity index (χ2v) is 9.18. The number of rotatable bonds is 2. The lowest BCUT2D eigenvalue weighted by molar-refractivity contribution is 0.430. The van der Waals surface area contributed by atoms with Crippen LogP contribution in [0.2, 0.25) is 0 Å². The van der Waals surface area contributed by atoms with Crippen molar-refractivity contribution >= 4 is 25.5 Å². The minimum Gasteiger partial charge on any atom is -0.397 e. The number of nitrogen functional groups attached to an aromatic ring is 1. The second-order valence-electron chi connectivity index (χ2n) is 5.00. The maximum Gasteiger partial charge on any atom is 0.245 e. The van der Waals surface area contributed by atoms with E-state index >= 15 is 0 Å². The molecule has 6 nitrogen and oxygen atoms in total. The number of nitrogens with two attached hydrogens (primary N) is 1. The Hall–Kier alpha value is -1.12. The molecule has 0 atom stereocenters. The van der Waals surface area contributed by atoms with Crippen molar-refractivity contribution in [3.8, 4) is 0 Å². The van der Waals surface area contributed by atoms with Gasteiger partial charge in [-0.15, -0.1) is 0 Å². The lowest BCUT2D eigenvalue weighted by Crippen LogP contribution is -2.44. The smallest absolute Gasteiger partial charge is 0.245 e. The Kier molecular flexibility index (Phi) is 3.83. The summed E-state index contributed by atoms with van der Waals surface area (Å²) in [6.45, 7) is 3.40. The van der Waals surface area contributed by atoms with Crippen LogP contribution in [0.15, 0.2) is 17.0 Å². The first-order valence-corrected chi connectivity index (χ1v) is 9.47. The normalized spacial score (nSPS) is 19.9. The number of sulfonamides is 1. The topological polar surface area (TPSA) is 97.5 Å². The van der Waals surface area contributed by atoms with E-state index < -0.39 is 19.9 Å². The van der Waals surface area contributed by atoms with Crippen molar-refractivity contribution in [3.05, 3.63) is 23.3 Å². The zero-order chi connectivity index (χ0) is 15.1. The van der Waals surface area contributed by atoms with Crippen LogP contribution in [0, 0.1) is 13.8 Å². The molecule has 0 bridgehead atoms. The molecular weight excluding hydrogens is 300 g/mol. The van der Waals surface area contributed by atoms with Gasteiger partial charge in [0.15, 0.2) is 9.84 Å². The van der Waals surface area contributed by atoms with Gasteiger partial charge in [-0.05, 0) is 25.0 Å². The minimum absolute atomic E-state index is 0.0164. The molecule has 1 aliphatic rings. The van der Waals surface area contributed by atoms with E-state index in [9.17, 15) is 16.8 Å². The summed E-state index contributed by atoms with van der Waals surface area (Å²) in [4.78, 5) is 0.0943. The van der Waals surface area contributed by atoms with Gasteiger partial charge in [-0.25, -0.2) is 16.8 Å². The summed E-state index contributed by atoms with van der Waals surface area (Å²) in [6.07, 6.45) is 0. The molecule has 2 rings (SSSR count). The molecule has 8 heteroatoms. The van der Waals surface area contributed by atoms with Crippen LogP contribution in [0.5, 0.6) is 0 Å². The van der Waals surface area contributed by atoms with Crippen LogP contribution in [0.3, 0.4) is 0 Å². The van der Waals surface area contributed by atoms with E-state index in [1.165, 1.54) is 4.31 Å². The summed E-state index contributed by atoms with van der Waals surface area (Å²) in [5, 5.41) is 0. The monoisotopic (exact) mass is 318 g/mol. The molecule has 2 N–H and O–H groups in total. The van der Waals surface area contributed by atoms with Crippen LogP contribution < -0.4 is 5.73 Å². The Balaban J connectivity index is 2.45. The number of aryl methyl sites for hydroxylation is 2. The maximum absolute atomic E-state index is 12.6. The molecule has 0 aromatic heterocycles. The molecule has 112 valence electrons. The van der Waals surface area contributed by atoms with Gasteiger partial charge in [0.1, 0.15) is 4.90 Å². The van der Waals surface area contributed by atoms with Crippen molar-refractivity contribution in [2.45, 2.75) is 18.7 Å². The third-order valence-corrected chi connectivity index (χ3v) is 7.22. The van der Waals surface area contributed by atoms with Gasteiger partial charge in [0.05, 0.1) is 17.2 Å². The summed E-state index contributed by atoms with van der Waals surface area (Å²) in [7, 11) is -6.88. The van der Waals surface area contributed by atoms with Crippen molar-refractivity contribution < 1.29 is 16.8 Å². The Bertz CT molecular complexity index is 725. The summed E-state index contributed by atoms with van der Waals surface area (Å²) < 4.78 is 49.3. The molecule has 0 saturated carbocycles. The van der Waals surface area contributed by atoms with E-state index in [-0.39, 0.29) is 35.2 Å². The fourth-order valence-electron chi connectivity index (χ4n) is 2.21. The van der Waals surface area contributed by atoms with E-state index in [0.29, 0.717) is 11.1 Å². The number of benzene rings is 1. The molecule has 1 fully saturated rings. The molecule has 1 aromatic rings. The molecular formula is C12H18N2O4S2. The van der Waals surface area contributed by atoms with Gasteiger partial charge < -0.3 is 5.73 Å². The highest BCUT2D eigenvalue weighted by Gasteiger charge is 2.33. The Morgan fingerprint density at radius 3 is 2.15 bits per heavy atom. The van der Waals surface area contributed by atoms with Gasteiger partial charge in [-0.3, -0.25) is 0 Å². The lowest BCUT2D eigenvalue weighted by atomic mass is 10.1. The zero-order valence-electron chi connectivity index (χ0n) is 11.5. The predicted octanol–water partition coefficient (Wildman–Crippen LogP) is 0.305. The lowest BCUT2D eigenvalue weighted by Gasteiger charge is -2.27. The first kappa shape index (κ1) is 15.3. The van der Waals surface area contributed by atoms with Crippen LogP contribution in [-0.2, 0) is 19.9 Å². The van der Waals surface area contributed by atoms with Gasteiger partial charge in [-0.1, -0.05) is 12.1 Å². The van der Waals surface area contributed by atoms with E-state index in [0.717, 1.165) is 0 Å². The average molecular weight is 318 g/mol. The highest BCUT2D eigenvalue weighted by molar-refractivity contribution is 7.92. The van der Waals surface area contributed by atoms with E-state index in [4.69, 9.17) is 5.73 Å². The first-order valence-electron chi connectivity index (χ1n) is 6.21. The summed E-state index contributed by atoms with van der Waals surface area (Å²) in [6, 6.07) is 3.48. The SMILES string of the molecule is Cc1ccc(C)c(S(=O)(=O)N2CCS(=O)(=O)CC2)c1N. The average Bonchev–Trinajstić information content (AvgIpc) is 2.33. The zero-order valence-corrected chi connectivity index (χ0v) is 13.1. The molecule has 1 aliphatic heterocycles. The fraction of sp³-hybridized carbons (Fsp3) is 0.500. The predicted molar refractivity (Wildman–Crippen MR) is 77.7 cm³/mol. The summed E-state index contributed by atoms with van der Waals surface area (Å²) >= 11 is 0. The summed E-state index contributed by atoms with van der Waals surface area (Å²) in [5.74, 6) is -0.284. The van der Waals surface area contributed by atoms with Crippen molar-refractivity contribution in [1.82, 2.24) is 4.31 Å². The largest absolute Gasteiger partial charge is 0.397 e. The van der Waals surface area contributed by atoms with Gasteiger partial charge >= 0.3 is 0 Å². The molecule has 0 unspecified atom stereocenters. The van der Waals surface area contributed by atoms with Gasteiger partial charge in [-0.2, -0.15) is 4.31 Å². The number of hydrogen-bond donors (Lipinski definition) is 1. The minimum atomic E-state index is -3.75. The van der Waals surface area contributed by atoms with E-state index in [1.807, 2.05) is 0 Å². The number of sulfone groups is 1. The second kappa shape index (κ2) is 5.01. The number of hydrogen-bond acceptors (Lipinski definition) is 5. The van der Waals surface area contributed by atoms with Crippen LogP contribution in [0.1, 0.15) is 11.1 Å². The summed E-state index contributed by atoms with van der Waals surface area (Å²) in [5.41, 5.74) is 7.40. The number of anilines is 1. The quantitative estimate of drug-likeness (QED) is 0.791. The van der Waals surface area contributed by atoms with E-state index in [1.54, 1.807) is 26.0 Å². The van der Waals surface area contributed by atoms with Crippen LogP contribution in [-0.4, -0.2) is 45.7 Å². The third kappa shape index (κ3) is 2.68. The highest BCUT2D eigenvalue weighted by atomic mass is 32.2. The first-order chi connectivity index (χ1) is 9.15. The standard InChI is InChI=1S/C12H18N2O4S2/c1-9-3-4-10(2)12(11(9)13)20(17,18)14-5-7-19(15,16)8-6-14/h3-4H,5-8,13H2,1-2H3. The molecule has 0 spiro atoms. The highest BCUT2D eigenvalue weighted by Crippen LogP contribution is 2.29. The van der Waals surface area contributed by atoms with Crippen LogP contribution in [0.4, 0.5) is 5.69 Å². The number of nitrogens with zero attached hydrogens (tertiary/aromatic N) is 1. The molecule has 0 amide bonds. The molecule has 0 radical (unpaired) electrons. The Morgan fingerprint density at radius 1 is 1.10 bits per heavy atom. The maximum atomic E-state index is 12.6. The third-order valence-electron chi connectivity index (χ3n) is 3.51. The molecule has 1 heterocycles. The van der Waals surface area contributed by atoms with Crippen LogP contribution >= 0.6 is 0 Å². The van der Waals surface area contributed by atoms with Crippen molar-refractivity contribution in [3.63, 3.8) is 0 Å². The van der Waals surface area contributed by atoms with E-state index in [2.05, 4.69) is 0 Å². The van der Waals surface area contributed by atoms with Gasteiger partial charge in [0.2, 0.25) is 10.0 Å². The Labute approximate surface area is 119 Å². The van der Waals surface area contributed by atoms with Gasteiger partial charge in [0.25, 0.3) is 0 Å². The molecule has 1 saturated heterocycles. The van der Waals surface area contributed by atoms with Crippen molar-refractivity contribution in [1.29, 1.82) is 0 Å². The van der Waals surface area contributed by atoms with Gasteiger partial charge in [0, 0.05) is 13.1 Å². The fourth-order valence-corrected chi connectivity index (χ4v) is 5.48. The van der Waals surface area contributed by atoms with Crippen LogP contribution in [0.25, 0.3) is 0 Å². The Morgan fingerprint density at radius 2 is 1.60 bits per heavy atom. The van der Waals surface area contributed by atoms with Crippen molar-refractivity contribution in [2.24, 2.45) is 0 Å².